The van der Waals surface area contributed by atoms with Crippen LogP contribution in [-0.4, -0.2) is 4.92 Å². The Bertz CT molecular complexity index is 428. The molecule has 0 amide bonds. The van der Waals surface area contributed by atoms with Crippen molar-refractivity contribution in [2.24, 2.45) is 5.73 Å². The summed E-state index contributed by atoms with van der Waals surface area (Å²) in [4.78, 5) is 9.99. The molecule has 0 spiro atoms. The molecule has 0 fully saturated rings. The van der Waals surface area contributed by atoms with Crippen LogP contribution in [0, 0.1) is 21.4 Å². The second kappa shape index (κ2) is 4.73. The normalized spacial score (nSPS) is 11.8. The Hall–Kier alpha value is -1.64. The van der Waals surface area contributed by atoms with Gasteiger partial charge < -0.3 is 5.73 Å². The zero-order valence-electron chi connectivity index (χ0n) is 7.68. The molecular formula is C9H8ClN3O2. The second-order valence-electron chi connectivity index (χ2n) is 2.94. The molecule has 0 saturated heterocycles. The van der Waals surface area contributed by atoms with E-state index in [-0.39, 0.29) is 17.1 Å². The Morgan fingerprint density at radius 1 is 1.67 bits per heavy atom. The summed E-state index contributed by atoms with van der Waals surface area (Å²) < 4.78 is 0. The van der Waals surface area contributed by atoms with Crippen molar-refractivity contribution in [2.75, 3.05) is 0 Å². The topological polar surface area (TPSA) is 93.0 Å². The third-order valence-electron chi connectivity index (χ3n) is 1.91. The van der Waals surface area contributed by atoms with Crippen LogP contribution < -0.4 is 5.73 Å². The summed E-state index contributed by atoms with van der Waals surface area (Å²) in [5, 5.41) is 19.1. The molecule has 0 aliphatic heterocycles. The average molecular weight is 226 g/mol. The molecule has 0 aliphatic rings. The van der Waals surface area contributed by atoms with E-state index in [2.05, 4.69) is 0 Å². The number of nitro benzene ring substituents is 1. The number of nitro groups is 1. The third kappa shape index (κ3) is 2.65. The molecule has 0 saturated carbocycles. The number of hydrogen-bond donors (Lipinski definition) is 1. The van der Waals surface area contributed by atoms with Crippen molar-refractivity contribution in [2.45, 2.75) is 12.5 Å². The van der Waals surface area contributed by atoms with Crippen molar-refractivity contribution >= 4 is 17.3 Å². The minimum atomic E-state index is -0.578. The van der Waals surface area contributed by atoms with E-state index in [1.165, 1.54) is 12.1 Å². The quantitative estimate of drug-likeness (QED) is 0.630. The van der Waals surface area contributed by atoms with E-state index < -0.39 is 11.0 Å². The lowest BCUT2D eigenvalue weighted by Crippen LogP contribution is -2.09. The molecular weight excluding hydrogens is 218 g/mol. The maximum Gasteiger partial charge on any atom is 0.288 e. The number of nitriles is 1. The van der Waals surface area contributed by atoms with Crippen LogP contribution in [0.1, 0.15) is 18.0 Å². The third-order valence-corrected chi connectivity index (χ3v) is 2.23. The van der Waals surface area contributed by atoms with Crippen molar-refractivity contribution < 1.29 is 4.92 Å². The predicted molar refractivity (Wildman–Crippen MR) is 55.3 cm³/mol. The highest BCUT2D eigenvalue weighted by Gasteiger charge is 2.15. The average Bonchev–Trinajstić information content (AvgIpc) is 2.18. The second-order valence-corrected chi connectivity index (χ2v) is 3.34. The van der Waals surface area contributed by atoms with Crippen LogP contribution in [0.25, 0.3) is 0 Å². The Labute approximate surface area is 91.2 Å². The first kappa shape index (κ1) is 11.4. The van der Waals surface area contributed by atoms with Crippen LogP contribution in [0.2, 0.25) is 5.02 Å². The molecule has 0 unspecified atom stereocenters. The molecule has 0 radical (unpaired) electrons. The lowest BCUT2D eigenvalue weighted by atomic mass is 10.0. The van der Waals surface area contributed by atoms with E-state index in [9.17, 15) is 10.1 Å². The molecule has 0 aliphatic carbocycles. The van der Waals surface area contributed by atoms with Crippen LogP contribution in [0.4, 0.5) is 5.69 Å². The van der Waals surface area contributed by atoms with Gasteiger partial charge in [0.05, 0.1) is 17.4 Å². The van der Waals surface area contributed by atoms with Gasteiger partial charge in [0, 0.05) is 12.1 Å². The van der Waals surface area contributed by atoms with Gasteiger partial charge in [0.1, 0.15) is 5.02 Å². The lowest BCUT2D eigenvalue weighted by molar-refractivity contribution is -0.384. The fraction of sp³-hybridized carbons (Fsp3) is 0.222. The van der Waals surface area contributed by atoms with Crippen molar-refractivity contribution in [1.29, 1.82) is 5.26 Å². The van der Waals surface area contributed by atoms with Crippen LogP contribution in [-0.2, 0) is 0 Å². The van der Waals surface area contributed by atoms with E-state index in [4.69, 9.17) is 22.6 Å². The summed E-state index contributed by atoms with van der Waals surface area (Å²) in [7, 11) is 0. The Morgan fingerprint density at radius 2 is 2.33 bits per heavy atom. The van der Waals surface area contributed by atoms with Gasteiger partial charge in [0.25, 0.3) is 5.69 Å². The molecule has 2 N–H and O–H groups in total. The summed E-state index contributed by atoms with van der Waals surface area (Å²) in [5.74, 6) is 0. The Balaban J connectivity index is 3.08. The van der Waals surface area contributed by atoms with E-state index >= 15 is 0 Å². The van der Waals surface area contributed by atoms with Gasteiger partial charge in [-0.15, -0.1) is 0 Å². The summed E-state index contributed by atoms with van der Waals surface area (Å²) in [6, 6.07) is 5.66. The monoisotopic (exact) mass is 225 g/mol. The van der Waals surface area contributed by atoms with Gasteiger partial charge in [0.15, 0.2) is 0 Å². The summed E-state index contributed by atoms with van der Waals surface area (Å²) in [6.45, 7) is 0. The van der Waals surface area contributed by atoms with Crippen LogP contribution in [0.3, 0.4) is 0 Å². The number of rotatable bonds is 3. The minimum absolute atomic E-state index is 0.0629. The van der Waals surface area contributed by atoms with E-state index in [1.807, 2.05) is 6.07 Å². The van der Waals surface area contributed by atoms with Crippen molar-refractivity contribution in [1.82, 2.24) is 0 Å². The molecule has 1 aromatic carbocycles. The van der Waals surface area contributed by atoms with Crippen molar-refractivity contribution in [3.8, 4) is 6.07 Å². The Morgan fingerprint density at radius 3 is 2.87 bits per heavy atom. The number of benzene rings is 1. The van der Waals surface area contributed by atoms with E-state index in [0.717, 1.165) is 0 Å². The highest BCUT2D eigenvalue weighted by Crippen LogP contribution is 2.27. The maximum absolute atomic E-state index is 10.6. The number of hydrogen-bond acceptors (Lipinski definition) is 4. The van der Waals surface area contributed by atoms with E-state index in [1.54, 1.807) is 6.07 Å². The van der Waals surface area contributed by atoms with E-state index in [0.29, 0.717) is 5.56 Å². The largest absolute Gasteiger partial charge is 0.323 e. The zero-order chi connectivity index (χ0) is 11.4. The molecule has 78 valence electrons. The van der Waals surface area contributed by atoms with Gasteiger partial charge >= 0.3 is 0 Å². The fourth-order valence-electron chi connectivity index (χ4n) is 1.12. The predicted octanol–water partition coefficient (Wildman–Crippen LogP) is 2.16. The van der Waals surface area contributed by atoms with Crippen molar-refractivity contribution in [3.05, 3.63) is 38.9 Å². The molecule has 1 atom stereocenters. The van der Waals surface area contributed by atoms with Gasteiger partial charge in [-0.3, -0.25) is 10.1 Å². The molecule has 0 heterocycles. The molecule has 1 rings (SSSR count). The first-order chi connectivity index (χ1) is 7.06. The van der Waals surface area contributed by atoms with Gasteiger partial charge in [-0.1, -0.05) is 17.7 Å². The van der Waals surface area contributed by atoms with Crippen LogP contribution >= 0.6 is 11.6 Å². The summed E-state index contributed by atoms with van der Waals surface area (Å²) in [5.41, 5.74) is 5.98. The van der Waals surface area contributed by atoms with Crippen molar-refractivity contribution in [3.63, 3.8) is 0 Å². The summed E-state index contributed by atoms with van der Waals surface area (Å²) in [6.07, 6.45) is 0.110. The highest BCUT2D eigenvalue weighted by molar-refractivity contribution is 6.32. The SMILES string of the molecule is N#CC[C@H](N)c1ccc(Cl)c([N+](=O)[O-])c1. The smallest absolute Gasteiger partial charge is 0.288 e. The zero-order valence-corrected chi connectivity index (χ0v) is 8.44. The number of nitrogens with two attached hydrogens (primary N) is 1. The minimum Gasteiger partial charge on any atom is -0.323 e. The Kier molecular flexibility index (Phi) is 3.61. The fourth-order valence-corrected chi connectivity index (χ4v) is 1.30. The molecule has 5 nitrogen and oxygen atoms in total. The standard InChI is InChI=1S/C9H8ClN3O2/c10-7-2-1-6(8(12)3-4-11)5-9(7)13(14)15/h1-2,5,8H,3,12H2/t8-/m0/s1. The molecule has 0 aromatic heterocycles. The first-order valence-electron chi connectivity index (χ1n) is 4.12. The van der Waals surface area contributed by atoms with Crippen LogP contribution in [0.15, 0.2) is 18.2 Å². The highest BCUT2D eigenvalue weighted by atomic mass is 35.5. The van der Waals surface area contributed by atoms with Crippen LogP contribution in [0.5, 0.6) is 0 Å². The molecule has 1 aromatic rings. The number of nitrogens with zero attached hydrogens (tertiary/aromatic N) is 2. The first-order valence-corrected chi connectivity index (χ1v) is 4.50. The molecule has 0 bridgehead atoms. The van der Waals surface area contributed by atoms with Gasteiger partial charge in [-0.05, 0) is 11.6 Å². The van der Waals surface area contributed by atoms with Gasteiger partial charge in [0.2, 0.25) is 0 Å². The maximum atomic E-state index is 10.6. The molecule has 15 heavy (non-hydrogen) atoms. The van der Waals surface area contributed by atoms with Gasteiger partial charge in [-0.25, -0.2) is 0 Å². The summed E-state index contributed by atoms with van der Waals surface area (Å²) >= 11 is 5.63. The van der Waals surface area contributed by atoms with Gasteiger partial charge in [-0.2, -0.15) is 5.26 Å². The number of halogens is 1. The lowest BCUT2D eigenvalue weighted by Gasteiger charge is -2.07. The molecule has 6 heteroatoms.